The lowest BCUT2D eigenvalue weighted by atomic mass is 10.2. The zero-order valence-electron chi connectivity index (χ0n) is 11.1. The monoisotopic (exact) mass is 273 g/mol. The fourth-order valence-electron chi connectivity index (χ4n) is 1.68. The van der Waals surface area contributed by atoms with Crippen molar-refractivity contribution in [1.82, 2.24) is 5.32 Å². The van der Waals surface area contributed by atoms with Gasteiger partial charge >= 0.3 is 11.9 Å². The number of hydrogen-bond donors (Lipinski definition) is 1. The molecule has 108 valence electrons. The van der Waals surface area contributed by atoms with Crippen molar-refractivity contribution in [2.24, 2.45) is 0 Å². The average Bonchev–Trinajstić information content (AvgIpc) is 2.90. The van der Waals surface area contributed by atoms with Gasteiger partial charge in [-0.05, 0) is 26.7 Å². The summed E-state index contributed by atoms with van der Waals surface area (Å²) in [5.74, 6) is -2.15. The molecule has 1 heterocycles. The summed E-state index contributed by atoms with van der Waals surface area (Å²) in [5.41, 5.74) is 0. The molecule has 1 saturated heterocycles. The molecule has 1 rings (SSSR count). The Hall–Kier alpha value is -1.63. The van der Waals surface area contributed by atoms with E-state index in [0.717, 1.165) is 6.42 Å². The average molecular weight is 273 g/mol. The summed E-state index contributed by atoms with van der Waals surface area (Å²) < 4.78 is 14.7. The van der Waals surface area contributed by atoms with E-state index in [1.165, 1.54) is 0 Å². The van der Waals surface area contributed by atoms with Crippen LogP contribution >= 0.6 is 0 Å². The molecule has 0 aromatic heterocycles. The molecule has 0 bridgehead atoms. The van der Waals surface area contributed by atoms with Gasteiger partial charge in [-0.1, -0.05) is 0 Å². The lowest BCUT2D eigenvalue weighted by Crippen LogP contribution is -2.51. The van der Waals surface area contributed by atoms with Gasteiger partial charge in [0.15, 0.2) is 0 Å². The van der Waals surface area contributed by atoms with Gasteiger partial charge in [0.1, 0.15) is 6.10 Å². The normalized spacial score (nSPS) is 18.2. The Labute approximate surface area is 111 Å². The summed E-state index contributed by atoms with van der Waals surface area (Å²) in [4.78, 5) is 35.1. The maximum Gasteiger partial charge on any atom is 0.340 e. The van der Waals surface area contributed by atoms with Crippen molar-refractivity contribution >= 4 is 17.8 Å². The molecule has 7 nitrogen and oxygen atoms in total. The number of nitrogens with one attached hydrogen (secondary N) is 1. The number of esters is 2. The Morgan fingerprint density at radius 3 is 2.21 bits per heavy atom. The zero-order chi connectivity index (χ0) is 14.3. The van der Waals surface area contributed by atoms with Crippen LogP contribution in [-0.2, 0) is 28.6 Å². The first-order chi connectivity index (χ1) is 9.10. The van der Waals surface area contributed by atoms with E-state index in [4.69, 9.17) is 14.2 Å². The van der Waals surface area contributed by atoms with Crippen molar-refractivity contribution in [2.75, 3.05) is 19.8 Å². The Morgan fingerprint density at radius 1 is 1.21 bits per heavy atom. The maximum atomic E-state index is 11.8. The topological polar surface area (TPSA) is 90.9 Å². The Balaban J connectivity index is 2.64. The van der Waals surface area contributed by atoms with Crippen molar-refractivity contribution in [1.29, 1.82) is 0 Å². The van der Waals surface area contributed by atoms with E-state index in [9.17, 15) is 14.4 Å². The van der Waals surface area contributed by atoms with Gasteiger partial charge in [-0.3, -0.25) is 4.79 Å². The molecule has 0 aromatic carbocycles. The van der Waals surface area contributed by atoms with Crippen molar-refractivity contribution < 1.29 is 28.6 Å². The van der Waals surface area contributed by atoms with Crippen LogP contribution in [0.5, 0.6) is 0 Å². The van der Waals surface area contributed by atoms with Gasteiger partial charge in [0.2, 0.25) is 11.9 Å². The molecule has 19 heavy (non-hydrogen) atoms. The Bertz CT molecular complexity index is 319. The van der Waals surface area contributed by atoms with Crippen molar-refractivity contribution in [2.45, 2.75) is 38.8 Å². The minimum atomic E-state index is -1.43. The van der Waals surface area contributed by atoms with Crippen molar-refractivity contribution in [3.05, 3.63) is 0 Å². The van der Waals surface area contributed by atoms with E-state index in [1.807, 2.05) is 0 Å². The highest BCUT2D eigenvalue weighted by Gasteiger charge is 2.34. The minimum Gasteiger partial charge on any atom is -0.464 e. The smallest absolute Gasteiger partial charge is 0.340 e. The molecular weight excluding hydrogens is 254 g/mol. The molecule has 7 heteroatoms. The molecule has 1 atom stereocenters. The summed E-state index contributed by atoms with van der Waals surface area (Å²) in [6.07, 6.45) is 0.734. The number of rotatable bonds is 6. The molecule has 0 radical (unpaired) electrons. The van der Waals surface area contributed by atoms with Gasteiger partial charge < -0.3 is 19.5 Å². The molecule has 0 aromatic rings. The molecule has 0 saturated carbocycles. The van der Waals surface area contributed by atoms with Gasteiger partial charge in [0.05, 0.1) is 13.2 Å². The van der Waals surface area contributed by atoms with Crippen LogP contribution in [0.1, 0.15) is 26.7 Å². The number of carbonyl (C=O) groups is 3. The van der Waals surface area contributed by atoms with Crippen LogP contribution < -0.4 is 5.32 Å². The SMILES string of the molecule is CCOC(=O)C(NC(=O)[C@@H]1CCCO1)C(=O)OCC. The third-order valence-corrected chi connectivity index (χ3v) is 2.55. The zero-order valence-corrected chi connectivity index (χ0v) is 11.1. The van der Waals surface area contributed by atoms with Crippen LogP contribution in [0.4, 0.5) is 0 Å². The summed E-state index contributed by atoms with van der Waals surface area (Å²) in [6.45, 7) is 3.96. The second-order valence-corrected chi connectivity index (χ2v) is 3.95. The molecule has 0 unspecified atom stereocenters. The number of carbonyl (C=O) groups excluding carboxylic acids is 3. The van der Waals surface area contributed by atoms with Gasteiger partial charge in [-0.15, -0.1) is 0 Å². The van der Waals surface area contributed by atoms with E-state index in [1.54, 1.807) is 13.8 Å². The Kier molecular flexibility index (Phi) is 6.27. The molecular formula is C12H19NO6. The van der Waals surface area contributed by atoms with Gasteiger partial charge in [-0.25, -0.2) is 9.59 Å². The second kappa shape index (κ2) is 7.73. The number of hydrogen-bond acceptors (Lipinski definition) is 6. The molecule has 0 spiro atoms. The summed E-state index contributed by atoms with van der Waals surface area (Å²) in [5, 5.41) is 2.32. The largest absolute Gasteiger partial charge is 0.464 e. The van der Waals surface area contributed by atoms with E-state index < -0.39 is 30.0 Å². The van der Waals surface area contributed by atoms with Crippen LogP contribution in [0.2, 0.25) is 0 Å². The molecule has 1 fully saturated rings. The van der Waals surface area contributed by atoms with Crippen LogP contribution in [0.3, 0.4) is 0 Å². The fraction of sp³-hybridized carbons (Fsp3) is 0.750. The minimum absolute atomic E-state index is 0.116. The molecule has 1 amide bonds. The molecule has 0 aliphatic carbocycles. The predicted molar refractivity (Wildman–Crippen MR) is 64.2 cm³/mol. The lowest BCUT2D eigenvalue weighted by Gasteiger charge is -2.17. The Morgan fingerprint density at radius 2 is 1.79 bits per heavy atom. The maximum absolute atomic E-state index is 11.8. The van der Waals surface area contributed by atoms with E-state index in [2.05, 4.69) is 5.32 Å². The van der Waals surface area contributed by atoms with Crippen LogP contribution in [-0.4, -0.2) is 49.8 Å². The molecule has 1 aliphatic heterocycles. The summed E-state index contributed by atoms with van der Waals surface area (Å²) in [6, 6.07) is -1.43. The standard InChI is InChI=1S/C12H19NO6/c1-3-17-11(15)9(12(16)18-4-2)13-10(14)8-6-5-7-19-8/h8-9H,3-7H2,1-2H3,(H,13,14)/t8-/m0/s1. The van der Waals surface area contributed by atoms with Crippen LogP contribution in [0.25, 0.3) is 0 Å². The van der Waals surface area contributed by atoms with Gasteiger partial charge in [0, 0.05) is 6.61 Å². The first-order valence-electron chi connectivity index (χ1n) is 6.35. The van der Waals surface area contributed by atoms with E-state index >= 15 is 0 Å². The lowest BCUT2D eigenvalue weighted by molar-refractivity contribution is -0.160. The van der Waals surface area contributed by atoms with Gasteiger partial charge in [-0.2, -0.15) is 0 Å². The summed E-state index contributed by atoms with van der Waals surface area (Å²) in [7, 11) is 0. The van der Waals surface area contributed by atoms with Gasteiger partial charge in [0.25, 0.3) is 0 Å². The van der Waals surface area contributed by atoms with Crippen LogP contribution in [0, 0.1) is 0 Å². The quantitative estimate of drug-likeness (QED) is 0.531. The highest BCUT2D eigenvalue weighted by molar-refractivity contribution is 6.02. The second-order valence-electron chi connectivity index (χ2n) is 3.95. The third kappa shape index (κ3) is 4.51. The summed E-state index contributed by atoms with van der Waals surface area (Å²) >= 11 is 0. The number of amides is 1. The van der Waals surface area contributed by atoms with Crippen molar-refractivity contribution in [3.63, 3.8) is 0 Å². The van der Waals surface area contributed by atoms with E-state index in [0.29, 0.717) is 13.0 Å². The van der Waals surface area contributed by atoms with Crippen LogP contribution in [0.15, 0.2) is 0 Å². The molecule has 1 aliphatic rings. The first kappa shape index (κ1) is 15.4. The predicted octanol–water partition coefficient (Wildman–Crippen LogP) is -0.224. The number of ether oxygens (including phenoxy) is 3. The molecule has 1 N–H and O–H groups in total. The van der Waals surface area contributed by atoms with Crippen molar-refractivity contribution in [3.8, 4) is 0 Å². The first-order valence-corrected chi connectivity index (χ1v) is 6.35. The highest BCUT2D eigenvalue weighted by atomic mass is 16.6. The third-order valence-electron chi connectivity index (χ3n) is 2.55. The highest BCUT2D eigenvalue weighted by Crippen LogP contribution is 2.12. The fourth-order valence-corrected chi connectivity index (χ4v) is 1.68. The van der Waals surface area contributed by atoms with E-state index in [-0.39, 0.29) is 13.2 Å².